The third-order valence-electron chi connectivity index (χ3n) is 4.39. The van der Waals surface area contributed by atoms with Crippen LogP contribution < -0.4 is 11.1 Å². The zero-order chi connectivity index (χ0) is 13.9. The van der Waals surface area contributed by atoms with Gasteiger partial charge in [-0.15, -0.1) is 0 Å². The number of primary amides is 1. The highest BCUT2D eigenvalue weighted by molar-refractivity contribution is 9.10. The number of halogens is 1. The summed E-state index contributed by atoms with van der Waals surface area (Å²) in [5.74, 6) is 0.115. The van der Waals surface area contributed by atoms with Gasteiger partial charge in [-0.3, -0.25) is 4.79 Å². The summed E-state index contributed by atoms with van der Waals surface area (Å²) in [6, 6.07) is 7.97. The van der Waals surface area contributed by atoms with E-state index < -0.39 is 5.41 Å². The summed E-state index contributed by atoms with van der Waals surface area (Å²) in [5, 5.41) is 3.35. The van der Waals surface area contributed by atoms with Crippen LogP contribution in [0.3, 0.4) is 0 Å². The van der Waals surface area contributed by atoms with Gasteiger partial charge in [0.2, 0.25) is 5.91 Å². The number of hydrogen-bond donors (Lipinski definition) is 2. The summed E-state index contributed by atoms with van der Waals surface area (Å²) in [6.45, 7) is 3.99. The van der Waals surface area contributed by atoms with E-state index in [1.165, 1.54) is 0 Å². The molecule has 104 valence electrons. The molecule has 19 heavy (non-hydrogen) atoms. The molecular formula is C15H21BrN2O. The number of amides is 1. The van der Waals surface area contributed by atoms with Crippen LogP contribution in [0.1, 0.15) is 31.7 Å². The van der Waals surface area contributed by atoms with Gasteiger partial charge in [0.1, 0.15) is 0 Å². The summed E-state index contributed by atoms with van der Waals surface area (Å²) < 4.78 is 0.981. The fourth-order valence-electron chi connectivity index (χ4n) is 3.34. The molecule has 4 heteroatoms. The minimum absolute atomic E-state index is 0.200. The van der Waals surface area contributed by atoms with Crippen molar-refractivity contribution < 1.29 is 4.79 Å². The molecule has 2 rings (SSSR count). The van der Waals surface area contributed by atoms with E-state index >= 15 is 0 Å². The normalized spacial score (nSPS) is 19.9. The van der Waals surface area contributed by atoms with Crippen molar-refractivity contribution in [2.24, 2.45) is 11.7 Å². The number of benzene rings is 1. The average Bonchev–Trinajstić information content (AvgIpc) is 2.43. The van der Waals surface area contributed by atoms with Gasteiger partial charge in [-0.1, -0.05) is 41.1 Å². The van der Waals surface area contributed by atoms with E-state index in [2.05, 4.69) is 28.2 Å². The molecule has 0 saturated carbocycles. The van der Waals surface area contributed by atoms with E-state index in [4.69, 9.17) is 5.73 Å². The van der Waals surface area contributed by atoms with Crippen LogP contribution >= 0.6 is 15.9 Å². The van der Waals surface area contributed by atoms with Crippen LogP contribution in [-0.2, 0) is 10.2 Å². The summed E-state index contributed by atoms with van der Waals surface area (Å²) in [7, 11) is 0. The molecule has 1 fully saturated rings. The molecule has 1 amide bonds. The van der Waals surface area contributed by atoms with Crippen LogP contribution in [0.4, 0.5) is 0 Å². The zero-order valence-corrected chi connectivity index (χ0v) is 12.9. The van der Waals surface area contributed by atoms with Gasteiger partial charge in [0.25, 0.3) is 0 Å². The fourth-order valence-corrected chi connectivity index (χ4v) is 3.98. The Morgan fingerprint density at radius 2 is 2.05 bits per heavy atom. The van der Waals surface area contributed by atoms with Crippen molar-refractivity contribution >= 4 is 21.8 Å². The number of carbonyl (C=O) groups excluding carboxylic acids is 1. The molecule has 1 heterocycles. The lowest BCUT2D eigenvalue weighted by Gasteiger charge is -2.41. The third-order valence-corrected chi connectivity index (χ3v) is 5.08. The number of carbonyl (C=O) groups is 1. The summed E-state index contributed by atoms with van der Waals surface area (Å²) in [4.78, 5) is 12.3. The van der Waals surface area contributed by atoms with Crippen molar-refractivity contribution in [2.45, 2.75) is 31.6 Å². The maximum atomic E-state index is 12.3. The number of nitrogens with two attached hydrogens (primary N) is 1. The van der Waals surface area contributed by atoms with Crippen molar-refractivity contribution in [3.63, 3.8) is 0 Å². The Hall–Kier alpha value is -0.870. The highest BCUT2D eigenvalue weighted by Crippen LogP contribution is 2.43. The van der Waals surface area contributed by atoms with E-state index in [1.54, 1.807) is 0 Å². The molecule has 1 aromatic rings. The number of rotatable bonds is 4. The molecule has 0 bridgehead atoms. The van der Waals surface area contributed by atoms with Gasteiger partial charge in [0, 0.05) is 4.47 Å². The molecule has 1 atom stereocenters. The highest BCUT2D eigenvalue weighted by Gasteiger charge is 2.45. The number of hydrogen-bond acceptors (Lipinski definition) is 2. The van der Waals surface area contributed by atoms with Gasteiger partial charge in [0.15, 0.2) is 0 Å². The van der Waals surface area contributed by atoms with E-state index in [1.807, 2.05) is 24.3 Å². The molecule has 0 spiro atoms. The minimum Gasteiger partial charge on any atom is -0.369 e. The van der Waals surface area contributed by atoms with Crippen LogP contribution in [-0.4, -0.2) is 19.0 Å². The van der Waals surface area contributed by atoms with Gasteiger partial charge < -0.3 is 11.1 Å². The molecule has 1 aliphatic heterocycles. The van der Waals surface area contributed by atoms with E-state index in [9.17, 15) is 4.79 Å². The molecule has 3 nitrogen and oxygen atoms in total. The first-order valence-corrected chi connectivity index (χ1v) is 7.68. The summed E-state index contributed by atoms with van der Waals surface area (Å²) in [6.07, 6.45) is 2.74. The van der Waals surface area contributed by atoms with Crippen LogP contribution in [0.15, 0.2) is 28.7 Å². The van der Waals surface area contributed by atoms with Crippen molar-refractivity contribution in [1.29, 1.82) is 0 Å². The molecular weight excluding hydrogens is 304 g/mol. The molecule has 1 unspecified atom stereocenters. The Bertz CT molecular complexity index is 457. The van der Waals surface area contributed by atoms with E-state index in [0.29, 0.717) is 5.92 Å². The van der Waals surface area contributed by atoms with Crippen molar-refractivity contribution in [3.8, 4) is 0 Å². The Morgan fingerprint density at radius 1 is 1.42 bits per heavy atom. The molecule has 1 aromatic carbocycles. The number of piperidine rings is 1. The predicted molar refractivity (Wildman–Crippen MR) is 80.9 cm³/mol. The van der Waals surface area contributed by atoms with Crippen molar-refractivity contribution in [1.82, 2.24) is 5.32 Å². The maximum absolute atomic E-state index is 12.3. The van der Waals surface area contributed by atoms with E-state index in [-0.39, 0.29) is 5.91 Å². The monoisotopic (exact) mass is 324 g/mol. The molecule has 1 saturated heterocycles. The first-order chi connectivity index (χ1) is 9.13. The fraction of sp³-hybridized carbons (Fsp3) is 0.533. The topological polar surface area (TPSA) is 55.1 Å². The molecule has 1 aliphatic rings. The predicted octanol–water partition coefficient (Wildman–Crippen LogP) is 2.58. The lowest BCUT2D eigenvalue weighted by Crippen LogP contribution is -2.50. The second-order valence-electron chi connectivity index (χ2n) is 5.19. The lowest BCUT2D eigenvalue weighted by molar-refractivity contribution is -0.126. The molecule has 0 aliphatic carbocycles. The molecule has 3 N–H and O–H groups in total. The molecule has 0 radical (unpaired) electrons. The Kier molecular flexibility index (Phi) is 4.63. The van der Waals surface area contributed by atoms with Gasteiger partial charge in [-0.2, -0.15) is 0 Å². The third kappa shape index (κ3) is 2.56. The smallest absolute Gasteiger partial charge is 0.228 e. The second kappa shape index (κ2) is 6.06. The van der Waals surface area contributed by atoms with Crippen LogP contribution in [0.5, 0.6) is 0 Å². The average molecular weight is 325 g/mol. The quantitative estimate of drug-likeness (QED) is 0.894. The number of nitrogens with one attached hydrogen (secondary N) is 1. The van der Waals surface area contributed by atoms with Crippen LogP contribution in [0, 0.1) is 5.92 Å². The first kappa shape index (κ1) is 14.5. The Morgan fingerprint density at radius 3 is 2.58 bits per heavy atom. The van der Waals surface area contributed by atoms with Crippen molar-refractivity contribution in [3.05, 3.63) is 34.3 Å². The van der Waals surface area contributed by atoms with Crippen LogP contribution in [0.2, 0.25) is 0 Å². The standard InChI is InChI=1S/C15H21BrN2O/c1-2-15(14(17)19,11-7-9-18-10-8-11)12-5-3-4-6-13(12)16/h3-6,11,18H,2,7-10H2,1H3,(H2,17,19). The maximum Gasteiger partial charge on any atom is 0.228 e. The van der Waals surface area contributed by atoms with Gasteiger partial charge in [-0.05, 0) is 49.9 Å². The lowest BCUT2D eigenvalue weighted by atomic mass is 9.64. The Balaban J connectivity index is 2.50. The summed E-state index contributed by atoms with van der Waals surface area (Å²) >= 11 is 3.58. The SMILES string of the molecule is CCC(C(N)=O)(c1ccccc1Br)C1CCNCC1. The van der Waals surface area contributed by atoms with Gasteiger partial charge in [0.05, 0.1) is 5.41 Å². The largest absolute Gasteiger partial charge is 0.369 e. The highest BCUT2D eigenvalue weighted by atomic mass is 79.9. The van der Waals surface area contributed by atoms with Crippen molar-refractivity contribution in [2.75, 3.05) is 13.1 Å². The van der Waals surface area contributed by atoms with Gasteiger partial charge >= 0.3 is 0 Å². The summed E-state index contributed by atoms with van der Waals surface area (Å²) in [5.41, 5.74) is 6.32. The minimum atomic E-state index is -0.553. The zero-order valence-electron chi connectivity index (χ0n) is 11.3. The first-order valence-electron chi connectivity index (χ1n) is 6.88. The van der Waals surface area contributed by atoms with Crippen LogP contribution in [0.25, 0.3) is 0 Å². The Labute approximate surface area is 123 Å². The van der Waals surface area contributed by atoms with E-state index in [0.717, 1.165) is 42.4 Å². The molecule has 0 aromatic heterocycles. The van der Waals surface area contributed by atoms with Gasteiger partial charge in [-0.25, -0.2) is 0 Å². The second-order valence-corrected chi connectivity index (χ2v) is 6.05.